The van der Waals surface area contributed by atoms with Gasteiger partial charge in [0.2, 0.25) is 0 Å². The summed E-state index contributed by atoms with van der Waals surface area (Å²) >= 11 is 6.01. The monoisotopic (exact) mass is 265 g/mol. The van der Waals surface area contributed by atoms with E-state index in [1.54, 1.807) is 12.3 Å². The summed E-state index contributed by atoms with van der Waals surface area (Å²) in [7, 11) is 0. The van der Waals surface area contributed by atoms with Crippen LogP contribution in [-0.2, 0) is 0 Å². The third kappa shape index (κ3) is 2.67. The molecule has 0 N–H and O–H groups in total. The average molecular weight is 266 g/mol. The van der Waals surface area contributed by atoms with Crippen LogP contribution >= 0.6 is 11.6 Å². The van der Waals surface area contributed by atoms with Crippen LogP contribution in [0.4, 0.5) is 0 Å². The maximum absolute atomic E-state index is 6.01. The number of pyridine rings is 1. The van der Waals surface area contributed by atoms with Crippen molar-refractivity contribution in [1.29, 1.82) is 0 Å². The second kappa shape index (κ2) is 5.25. The lowest BCUT2D eigenvalue weighted by molar-refractivity contribution is 1.33. The Balaban J connectivity index is 2.06. The summed E-state index contributed by atoms with van der Waals surface area (Å²) in [6.45, 7) is 0. The Morgan fingerprint density at radius 2 is 1.42 bits per heavy atom. The molecule has 92 valence electrons. The van der Waals surface area contributed by atoms with E-state index in [9.17, 15) is 0 Å². The van der Waals surface area contributed by atoms with Crippen molar-refractivity contribution in [2.75, 3.05) is 0 Å². The molecule has 0 fully saturated rings. The average Bonchev–Trinajstić information content (AvgIpc) is 2.48. The van der Waals surface area contributed by atoms with Gasteiger partial charge in [-0.1, -0.05) is 60.1 Å². The standard InChI is InChI=1S/C17H12ClN/c18-16-9-10-19-17(12-16)15-8-4-7-14(11-15)13-5-2-1-3-6-13/h1-12H. The van der Waals surface area contributed by atoms with Crippen molar-refractivity contribution in [2.45, 2.75) is 0 Å². The predicted molar refractivity (Wildman–Crippen MR) is 80.1 cm³/mol. The minimum atomic E-state index is 0.704. The molecule has 0 radical (unpaired) electrons. The van der Waals surface area contributed by atoms with Crippen LogP contribution in [0.15, 0.2) is 72.9 Å². The van der Waals surface area contributed by atoms with Crippen LogP contribution in [-0.4, -0.2) is 4.98 Å². The fourth-order valence-electron chi connectivity index (χ4n) is 2.05. The van der Waals surface area contributed by atoms with Crippen LogP contribution in [0.1, 0.15) is 0 Å². The Kier molecular flexibility index (Phi) is 3.30. The third-order valence-electron chi connectivity index (χ3n) is 2.99. The van der Waals surface area contributed by atoms with Crippen LogP contribution in [0.5, 0.6) is 0 Å². The lowest BCUT2D eigenvalue weighted by Crippen LogP contribution is -1.84. The number of nitrogens with zero attached hydrogens (tertiary/aromatic N) is 1. The summed E-state index contributed by atoms with van der Waals surface area (Å²) in [5.74, 6) is 0. The van der Waals surface area contributed by atoms with Crippen molar-refractivity contribution in [1.82, 2.24) is 4.98 Å². The molecule has 0 saturated carbocycles. The smallest absolute Gasteiger partial charge is 0.0716 e. The summed E-state index contributed by atoms with van der Waals surface area (Å²) in [4.78, 5) is 4.36. The van der Waals surface area contributed by atoms with E-state index in [4.69, 9.17) is 11.6 Å². The van der Waals surface area contributed by atoms with Gasteiger partial charge in [0.05, 0.1) is 5.69 Å². The molecule has 0 amide bonds. The van der Waals surface area contributed by atoms with Crippen molar-refractivity contribution in [2.24, 2.45) is 0 Å². The molecule has 2 aromatic carbocycles. The summed E-state index contributed by atoms with van der Waals surface area (Å²) < 4.78 is 0. The molecular formula is C17H12ClN. The predicted octanol–water partition coefficient (Wildman–Crippen LogP) is 5.07. The maximum Gasteiger partial charge on any atom is 0.0716 e. The molecule has 1 heterocycles. The van der Waals surface area contributed by atoms with E-state index in [0.717, 1.165) is 11.3 Å². The first-order valence-electron chi connectivity index (χ1n) is 6.10. The molecule has 1 nitrogen and oxygen atoms in total. The van der Waals surface area contributed by atoms with E-state index in [2.05, 4.69) is 29.2 Å². The fourth-order valence-corrected chi connectivity index (χ4v) is 2.21. The van der Waals surface area contributed by atoms with E-state index in [-0.39, 0.29) is 0 Å². The van der Waals surface area contributed by atoms with Gasteiger partial charge >= 0.3 is 0 Å². The highest BCUT2D eigenvalue weighted by atomic mass is 35.5. The minimum Gasteiger partial charge on any atom is -0.256 e. The first kappa shape index (κ1) is 11.9. The van der Waals surface area contributed by atoms with Gasteiger partial charge < -0.3 is 0 Å². The molecule has 0 saturated heterocycles. The largest absolute Gasteiger partial charge is 0.256 e. The second-order valence-corrected chi connectivity index (χ2v) is 4.74. The van der Waals surface area contributed by atoms with Crippen LogP contribution < -0.4 is 0 Å². The molecule has 0 spiro atoms. The summed E-state index contributed by atoms with van der Waals surface area (Å²) in [6.07, 6.45) is 1.73. The number of hydrogen-bond donors (Lipinski definition) is 0. The number of rotatable bonds is 2. The first-order chi connectivity index (χ1) is 9.33. The zero-order chi connectivity index (χ0) is 13.1. The maximum atomic E-state index is 6.01. The van der Waals surface area contributed by atoms with Gasteiger partial charge in [-0.25, -0.2) is 0 Å². The van der Waals surface area contributed by atoms with Crippen molar-refractivity contribution in [3.8, 4) is 22.4 Å². The van der Waals surface area contributed by atoms with Gasteiger partial charge in [-0.05, 0) is 29.3 Å². The lowest BCUT2D eigenvalue weighted by Gasteiger charge is -2.05. The third-order valence-corrected chi connectivity index (χ3v) is 3.22. The molecule has 0 atom stereocenters. The van der Waals surface area contributed by atoms with E-state index in [0.29, 0.717) is 5.02 Å². The molecule has 2 heteroatoms. The lowest BCUT2D eigenvalue weighted by atomic mass is 10.0. The van der Waals surface area contributed by atoms with Gasteiger partial charge in [0.25, 0.3) is 0 Å². The number of hydrogen-bond acceptors (Lipinski definition) is 1. The highest BCUT2D eigenvalue weighted by molar-refractivity contribution is 6.30. The normalized spacial score (nSPS) is 10.4. The molecule has 0 bridgehead atoms. The van der Waals surface area contributed by atoms with Crippen molar-refractivity contribution in [3.05, 3.63) is 77.9 Å². The number of aromatic nitrogens is 1. The van der Waals surface area contributed by atoms with Crippen molar-refractivity contribution >= 4 is 11.6 Å². The van der Waals surface area contributed by atoms with Crippen molar-refractivity contribution < 1.29 is 0 Å². The summed E-state index contributed by atoms with van der Waals surface area (Å²) in [5, 5.41) is 0.704. The van der Waals surface area contributed by atoms with Crippen LogP contribution in [0.3, 0.4) is 0 Å². The van der Waals surface area contributed by atoms with Gasteiger partial charge in [-0.3, -0.25) is 4.98 Å². The van der Waals surface area contributed by atoms with E-state index < -0.39 is 0 Å². The fraction of sp³-hybridized carbons (Fsp3) is 0. The van der Waals surface area contributed by atoms with Gasteiger partial charge in [0.15, 0.2) is 0 Å². The molecule has 1 aromatic heterocycles. The van der Waals surface area contributed by atoms with E-state index >= 15 is 0 Å². The molecule has 3 rings (SSSR count). The summed E-state index contributed by atoms with van der Waals surface area (Å²) in [6, 6.07) is 22.3. The Morgan fingerprint density at radius 3 is 2.21 bits per heavy atom. The highest BCUT2D eigenvalue weighted by Gasteiger charge is 2.02. The van der Waals surface area contributed by atoms with Gasteiger partial charge in [-0.15, -0.1) is 0 Å². The number of halogens is 1. The van der Waals surface area contributed by atoms with Gasteiger partial charge in [0.1, 0.15) is 0 Å². The number of benzene rings is 2. The van der Waals surface area contributed by atoms with Crippen LogP contribution in [0.2, 0.25) is 5.02 Å². The van der Waals surface area contributed by atoms with E-state index in [1.165, 1.54) is 11.1 Å². The summed E-state index contributed by atoms with van der Waals surface area (Å²) in [5.41, 5.74) is 4.35. The molecule has 0 aliphatic rings. The molecule has 3 aromatic rings. The van der Waals surface area contributed by atoms with Crippen molar-refractivity contribution in [3.63, 3.8) is 0 Å². The quantitative estimate of drug-likeness (QED) is 0.630. The van der Waals surface area contributed by atoms with Crippen LogP contribution in [0, 0.1) is 0 Å². The zero-order valence-corrected chi connectivity index (χ0v) is 11.0. The van der Waals surface area contributed by atoms with Gasteiger partial charge in [-0.2, -0.15) is 0 Å². The minimum absolute atomic E-state index is 0.704. The molecule has 19 heavy (non-hydrogen) atoms. The highest BCUT2D eigenvalue weighted by Crippen LogP contribution is 2.26. The van der Waals surface area contributed by atoms with E-state index in [1.807, 2.05) is 36.4 Å². The Morgan fingerprint density at radius 1 is 0.684 bits per heavy atom. The molecular weight excluding hydrogens is 254 g/mol. The molecule has 0 unspecified atom stereocenters. The topological polar surface area (TPSA) is 12.9 Å². The second-order valence-electron chi connectivity index (χ2n) is 4.31. The SMILES string of the molecule is Clc1ccnc(-c2cccc(-c3ccccc3)c2)c1. The zero-order valence-electron chi connectivity index (χ0n) is 10.3. The Hall–Kier alpha value is -2.12. The first-order valence-corrected chi connectivity index (χ1v) is 6.48. The Labute approximate surface area is 117 Å². The molecule has 0 aliphatic heterocycles. The van der Waals surface area contributed by atoms with Gasteiger partial charge in [0, 0.05) is 16.8 Å². The Bertz CT molecular complexity index is 692. The molecule has 0 aliphatic carbocycles. The van der Waals surface area contributed by atoms with Crippen LogP contribution in [0.25, 0.3) is 22.4 Å².